The van der Waals surface area contributed by atoms with Gasteiger partial charge in [0.1, 0.15) is 11.2 Å². The van der Waals surface area contributed by atoms with Crippen LogP contribution in [0.15, 0.2) is 42.6 Å². The Morgan fingerprint density at radius 3 is 2.37 bits per heavy atom. The van der Waals surface area contributed by atoms with Crippen LogP contribution in [-0.4, -0.2) is 34.4 Å². The molecule has 1 aliphatic heterocycles. The highest BCUT2D eigenvalue weighted by Crippen LogP contribution is 2.42. The quantitative estimate of drug-likeness (QED) is 0.687. The number of piperidine rings is 1. The second-order valence-corrected chi connectivity index (χ2v) is 8.52. The van der Waals surface area contributed by atoms with E-state index >= 15 is 0 Å². The molecule has 4 rings (SSSR count). The lowest BCUT2D eigenvalue weighted by Gasteiger charge is -2.51. The van der Waals surface area contributed by atoms with E-state index in [1.165, 1.54) is 6.20 Å². The van der Waals surface area contributed by atoms with E-state index in [-0.39, 0.29) is 11.8 Å². The summed E-state index contributed by atoms with van der Waals surface area (Å²) < 4.78 is 38.9. The maximum atomic E-state index is 13.1. The zero-order chi connectivity index (χ0) is 21.4. The van der Waals surface area contributed by atoms with Crippen molar-refractivity contribution in [3.8, 4) is 0 Å². The van der Waals surface area contributed by atoms with Crippen molar-refractivity contribution >= 4 is 23.2 Å². The topological polar surface area (TPSA) is 45.2 Å². The van der Waals surface area contributed by atoms with Crippen molar-refractivity contribution in [1.82, 2.24) is 9.88 Å². The van der Waals surface area contributed by atoms with Gasteiger partial charge in [-0.25, -0.2) is 0 Å². The molecule has 2 aliphatic rings. The van der Waals surface area contributed by atoms with Gasteiger partial charge in [-0.1, -0.05) is 11.6 Å². The third kappa shape index (κ3) is 4.18. The zero-order valence-corrected chi connectivity index (χ0v) is 17.1. The Morgan fingerprint density at radius 1 is 1.13 bits per heavy atom. The Morgan fingerprint density at radius 2 is 1.80 bits per heavy atom. The molecule has 8 heteroatoms. The molecule has 0 atom stereocenters. The number of benzene rings is 1. The van der Waals surface area contributed by atoms with Gasteiger partial charge in [-0.2, -0.15) is 13.2 Å². The van der Waals surface area contributed by atoms with Gasteiger partial charge >= 0.3 is 6.18 Å². The van der Waals surface area contributed by atoms with Crippen LogP contribution >= 0.6 is 11.6 Å². The van der Waals surface area contributed by atoms with Crippen molar-refractivity contribution in [2.75, 3.05) is 18.4 Å². The number of nitrogens with one attached hydrogen (secondary N) is 1. The number of nitrogens with zero attached hydrogens (tertiary/aromatic N) is 2. The average Bonchev–Trinajstić information content (AvgIpc) is 2.69. The molecule has 2 heterocycles. The Hall–Kier alpha value is -2.12. The van der Waals surface area contributed by atoms with E-state index in [4.69, 9.17) is 11.6 Å². The van der Waals surface area contributed by atoms with Crippen molar-refractivity contribution in [3.63, 3.8) is 0 Å². The molecule has 1 N–H and O–H groups in total. The molecule has 0 radical (unpaired) electrons. The number of aromatic nitrogens is 1. The molecule has 1 aliphatic carbocycles. The van der Waals surface area contributed by atoms with Crippen LogP contribution in [0.25, 0.3) is 0 Å². The number of carbonyl (C=O) groups excluding carboxylic acids is 1. The third-order valence-electron chi connectivity index (χ3n) is 6.35. The maximum Gasteiger partial charge on any atom is 0.433 e. The predicted octanol–water partition coefficient (Wildman–Crippen LogP) is 5.49. The van der Waals surface area contributed by atoms with Crippen LogP contribution in [0, 0.1) is 0 Å². The number of carbonyl (C=O) groups is 1. The van der Waals surface area contributed by atoms with Gasteiger partial charge in [0, 0.05) is 16.9 Å². The van der Waals surface area contributed by atoms with Crippen LogP contribution in [0.4, 0.5) is 18.9 Å². The molecule has 4 nitrogen and oxygen atoms in total. The molecule has 2 fully saturated rings. The highest BCUT2D eigenvalue weighted by Gasteiger charge is 2.49. The number of pyridine rings is 1. The number of alkyl halides is 3. The van der Waals surface area contributed by atoms with E-state index in [1.807, 2.05) is 0 Å². The summed E-state index contributed by atoms with van der Waals surface area (Å²) in [5.74, 6) is 0.0274. The minimum Gasteiger partial charge on any atom is -0.324 e. The number of hydrogen-bond donors (Lipinski definition) is 1. The first-order valence-electron chi connectivity index (χ1n) is 10.1. The van der Waals surface area contributed by atoms with Crippen LogP contribution in [0.2, 0.25) is 5.02 Å². The normalized spacial score (nSPS) is 19.9. The van der Waals surface area contributed by atoms with E-state index in [2.05, 4.69) is 15.2 Å². The van der Waals surface area contributed by atoms with E-state index in [9.17, 15) is 18.0 Å². The molecule has 1 saturated carbocycles. The Labute approximate surface area is 178 Å². The summed E-state index contributed by atoms with van der Waals surface area (Å²) in [6, 6.07) is 9.86. The Balaban J connectivity index is 1.42. The molecule has 0 spiro atoms. The highest BCUT2D eigenvalue weighted by molar-refractivity contribution is 6.30. The second-order valence-electron chi connectivity index (χ2n) is 8.08. The van der Waals surface area contributed by atoms with Gasteiger partial charge < -0.3 is 5.32 Å². The van der Waals surface area contributed by atoms with Crippen LogP contribution in [0.3, 0.4) is 0 Å². The summed E-state index contributed by atoms with van der Waals surface area (Å²) in [4.78, 5) is 18.8. The average molecular weight is 438 g/mol. The molecule has 160 valence electrons. The fourth-order valence-electron chi connectivity index (χ4n) is 4.48. The Bertz CT molecular complexity index is 905. The van der Waals surface area contributed by atoms with Crippen molar-refractivity contribution in [1.29, 1.82) is 0 Å². The summed E-state index contributed by atoms with van der Waals surface area (Å²) in [5.41, 5.74) is 0.00694. The fourth-order valence-corrected chi connectivity index (χ4v) is 4.60. The molecule has 1 aromatic carbocycles. The van der Waals surface area contributed by atoms with Gasteiger partial charge in [0.05, 0.1) is 0 Å². The van der Waals surface area contributed by atoms with Crippen molar-refractivity contribution in [3.05, 3.63) is 58.9 Å². The second kappa shape index (κ2) is 8.19. The number of hydrogen-bond acceptors (Lipinski definition) is 3. The maximum absolute atomic E-state index is 13.1. The minimum atomic E-state index is -4.44. The third-order valence-corrected chi connectivity index (χ3v) is 6.60. The molecule has 1 amide bonds. The lowest BCUT2D eigenvalue weighted by atomic mass is 9.72. The highest BCUT2D eigenvalue weighted by atomic mass is 35.5. The van der Waals surface area contributed by atoms with Gasteiger partial charge in [-0.15, -0.1) is 0 Å². The van der Waals surface area contributed by atoms with Crippen molar-refractivity contribution in [2.24, 2.45) is 0 Å². The fraction of sp³-hybridized carbons (Fsp3) is 0.455. The van der Waals surface area contributed by atoms with E-state index < -0.39 is 17.4 Å². The van der Waals surface area contributed by atoms with Gasteiger partial charge in [-0.3, -0.25) is 14.7 Å². The molecule has 1 saturated heterocycles. The zero-order valence-electron chi connectivity index (χ0n) is 16.4. The summed E-state index contributed by atoms with van der Waals surface area (Å²) >= 11 is 5.91. The van der Waals surface area contributed by atoms with Crippen LogP contribution in [0.5, 0.6) is 0 Å². The Kier molecular flexibility index (Phi) is 5.77. The molecular formula is C22H23ClF3N3O. The van der Waals surface area contributed by atoms with Crippen LogP contribution in [-0.2, 0) is 11.0 Å². The van der Waals surface area contributed by atoms with Crippen molar-refractivity contribution in [2.45, 2.75) is 49.7 Å². The predicted molar refractivity (Wildman–Crippen MR) is 109 cm³/mol. The SMILES string of the molecule is O=C(Nc1ccc(Cl)cc1)C1(N2CCC(c3ccnc(C(F)(F)F)c3)CC2)CCC1. The number of rotatable bonds is 4. The first-order chi connectivity index (χ1) is 14.3. The first kappa shape index (κ1) is 21.1. The standard InChI is InChI=1S/C22H23ClF3N3O/c23-17-2-4-18(5-3-17)28-20(30)21(9-1-10-21)29-12-7-15(8-13-29)16-6-11-27-19(14-16)22(24,25)26/h2-6,11,14-15H,1,7-10,12-13H2,(H,28,30). The number of amides is 1. The van der Waals surface area contributed by atoms with E-state index in [0.29, 0.717) is 29.4 Å². The smallest absolute Gasteiger partial charge is 0.324 e. The molecule has 0 bridgehead atoms. The number of halogens is 4. The summed E-state index contributed by atoms with van der Waals surface area (Å²) in [5, 5.41) is 3.61. The lowest BCUT2D eigenvalue weighted by Crippen LogP contribution is -2.62. The molecule has 1 aromatic heterocycles. The largest absolute Gasteiger partial charge is 0.433 e. The van der Waals surface area contributed by atoms with Gasteiger partial charge in [-0.05, 0) is 93.1 Å². The first-order valence-corrected chi connectivity index (χ1v) is 10.5. The van der Waals surface area contributed by atoms with Crippen LogP contribution < -0.4 is 5.32 Å². The molecular weight excluding hydrogens is 415 g/mol. The van der Waals surface area contributed by atoms with Crippen molar-refractivity contribution < 1.29 is 18.0 Å². The van der Waals surface area contributed by atoms with Crippen LogP contribution in [0.1, 0.15) is 49.3 Å². The van der Waals surface area contributed by atoms with E-state index in [0.717, 1.165) is 38.2 Å². The summed E-state index contributed by atoms with van der Waals surface area (Å²) in [7, 11) is 0. The molecule has 0 unspecified atom stereocenters. The summed E-state index contributed by atoms with van der Waals surface area (Å²) in [6.45, 7) is 1.37. The number of anilines is 1. The van der Waals surface area contributed by atoms with Gasteiger partial charge in [0.25, 0.3) is 0 Å². The number of likely N-dealkylation sites (tertiary alicyclic amines) is 1. The van der Waals surface area contributed by atoms with Gasteiger partial charge in [0.2, 0.25) is 5.91 Å². The van der Waals surface area contributed by atoms with Gasteiger partial charge in [0.15, 0.2) is 0 Å². The monoisotopic (exact) mass is 437 g/mol. The summed E-state index contributed by atoms with van der Waals surface area (Å²) in [6.07, 6.45) is 0.820. The molecule has 2 aromatic rings. The lowest BCUT2D eigenvalue weighted by molar-refractivity contribution is -0.141. The minimum absolute atomic E-state index is 0.0159. The molecule has 30 heavy (non-hydrogen) atoms. The van der Waals surface area contributed by atoms with E-state index in [1.54, 1.807) is 30.3 Å².